The minimum Gasteiger partial charge on any atom is -0.321 e. The van der Waals surface area contributed by atoms with Crippen molar-refractivity contribution in [2.45, 2.75) is 13.5 Å². The molecule has 3 rings (SSSR count). The Balaban J connectivity index is 1.79. The van der Waals surface area contributed by atoms with Gasteiger partial charge in [0.05, 0.1) is 5.69 Å². The summed E-state index contributed by atoms with van der Waals surface area (Å²) in [4.78, 5) is 20.0. The highest BCUT2D eigenvalue weighted by atomic mass is 32.1. The number of thiazole rings is 1. The average Bonchev–Trinajstić information content (AvgIpc) is 2.97. The molecule has 25 heavy (non-hydrogen) atoms. The number of amides is 1. The quantitative estimate of drug-likeness (QED) is 0.739. The molecule has 0 aliphatic rings. The smallest absolute Gasteiger partial charge is 0.267 e. The normalized spacial score (nSPS) is 10.9. The van der Waals surface area contributed by atoms with Crippen LogP contribution in [0, 0.1) is 6.92 Å². The van der Waals surface area contributed by atoms with E-state index in [0.717, 1.165) is 34.1 Å². The minimum absolute atomic E-state index is 0.112. The molecule has 1 aromatic heterocycles. The first-order chi connectivity index (χ1) is 12.0. The lowest BCUT2D eigenvalue weighted by molar-refractivity contribution is 0.103. The van der Waals surface area contributed by atoms with Gasteiger partial charge in [-0.2, -0.15) is 0 Å². The molecule has 5 heteroatoms. The Bertz CT molecular complexity index is 872. The number of aryl methyl sites for hydroxylation is 1. The predicted octanol–water partition coefficient (Wildman–Crippen LogP) is 4.43. The highest BCUT2D eigenvalue weighted by Gasteiger charge is 2.16. The van der Waals surface area contributed by atoms with E-state index in [0.29, 0.717) is 4.88 Å². The van der Waals surface area contributed by atoms with E-state index >= 15 is 0 Å². The van der Waals surface area contributed by atoms with Crippen LogP contribution in [-0.4, -0.2) is 29.9 Å². The topological polar surface area (TPSA) is 45.2 Å². The Kier molecular flexibility index (Phi) is 5.26. The summed E-state index contributed by atoms with van der Waals surface area (Å²) in [5.41, 5.74) is 3.75. The number of carbonyl (C=O) groups excluding carboxylic acids is 1. The first-order valence-electron chi connectivity index (χ1n) is 8.11. The summed E-state index contributed by atoms with van der Waals surface area (Å²) in [6.45, 7) is 2.71. The van der Waals surface area contributed by atoms with Gasteiger partial charge in [-0.25, -0.2) is 4.98 Å². The fourth-order valence-corrected chi connectivity index (χ4v) is 3.58. The van der Waals surface area contributed by atoms with Crippen molar-refractivity contribution in [1.29, 1.82) is 0 Å². The number of aromatic nitrogens is 1. The minimum atomic E-state index is -0.112. The van der Waals surface area contributed by atoms with E-state index < -0.39 is 0 Å². The van der Waals surface area contributed by atoms with E-state index in [9.17, 15) is 4.79 Å². The predicted molar refractivity (Wildman–Crippen MR) is 104 cm³/mol. The molecule has 0 atom stereocenters. The van der Waals surface area contributed by atoms with Crippen molar-refractivity contribution in [3.63, 3.8) is 0 Å². The van der Waals surface area contributed by atoms with Crippen LogP contribution in [0.4, 0.5) is 5.69 Å². The van der Waals surface area contributed by atoms with Crippen molar-refractivity contribution < 1.29 is 4.79 Å². The maximum Gasteiger partial charge on any atom is 0.267 e. The first-order valence-corrected chi connectivity index (χ1v) is 8.92. The lowest BCUT2D eigenvalue weighted by Crippen LogP contribution is -2.13. The number of nitrogens with one attached hydrogen (secondary N) is 1. The molecular weight excluding hydrogens is 330 g/mol. The van der Waals surface area contributed by atoms with Crippen LogP contribution in [-0.2, 0) is 6.54 Å². The number of anilines is 1. The van der Waals surface area contributed by atoms with Gasteiger partial charge in [0.25, 0.3) is 5.91 Å². The Morgan fingerprint density at radius 3 is 2.60 bits per heavy atom. The van der Waals surface area contributed by atoms with E-state index in [1.54, 1.807) is 0 Å². The van der Waals surface area contributed by atoms with Gasteiger partial charge < -0.3 is 10.2 Å². The van der Waals surface area contributed by atoms with E-state index in [1.807, 2.05) is 69.6 Å². The van der Waals surface area contributed by atoms with E-state index in [4.69, 9.17) is 0 Å². The molecule has 0 fully saturated rings. The van der Waals surface area contributed by atoms with Gasteiger partial charge >= 0.3 is 0 Å². The van der Waals surface area contributed by atoms with Crippen LogP contribution in [0.15, 0.2) is 54.6 Å². The average molecular weight is 351 g/mol. The van der Waals surface area contributed by atoms with E-state index in [2.05, 4.69) is 21.3 Å². The van der Waals surface area contributed by atoms with Crippen LogP contribution >= 0.6 is 11.3 Å². The second kappa shape index (κ2) is 7.59. The first kappa shape index (κ1) is 17.3. The molecule has 1 N–H and O–H groups in total. The maximum atomic E-state index is 12.7. The molecule has 0 spiro atoms. The van der Waals surface area contributed by atoms with Gasteiger partial charge in [0, 0.05) is 17.8 Å². The van der Waals surface area contributed by atoms with Crippen LogP contribution in [0.25, 0.3) is 10.6 Å². The summed E-state index contributed by atoms with van der Waals surface area (Å²) in [5, 5.41) is 3.86. The Hall–Kier alpha value is -2.50. The molecule has 1 amide bonds. The summed E-state index contributed by atoms with van der Waals surface area (Å²) in [6, 6.07) is 17.9. The highest BCUT2D eigenvalue weighted by molar-refractivity contribution is 7.17. The van der Waals surface area contributed by atoms with Crippen molar-refractivity contribution in [3.05, 3.63) is 70.7 Å². The maximum absolute atomic E-state index is 12.7. The van der Waals surface area contributed by atoms with Crippen molar-refractivity contribution in [2.75, 3.05) is 19.4 Å². The summed E-state index contributed by atoms with van der Waals surface area (Å²) in [5.74, 6) is -0.112. The fraction of sp³-hybridized carbons (Fsp3) is 0.200. The number of hydrogen-bond acceptors (Lipinski definition) is 4. The summed E-state index contributed by atoms with van der Waals surface area (Å²) in [7, 11) is 4.05. The molecule has 4 nitrogen and oxygen atoms in total. The molecular formula is C20H21N3OS. The van der Waals surface area contributed by atoms with Crippen LogP contribution in [0.5, 0.6) is 0 Å². The third-order valence-electron chi connectivity index (χ3n) is 3.71. The second-order valence-electron chi connectivity index (χ2n) is 6.19. The van der Waals surface area contributed by atoms with Gasteiger partial charge in [-0.15, -0.1) is 11.3 Å². The van der Waals surface area contributed by atoms with Crippen LogP contribution in [0.2, 0.25) is 0 Å². The van der Waals surface area contributed by atoms with E-state index in [1.165, 1.54) is 11.3 Å². The zero-order valence-electron chi connectivity index (χ0n) is 14.6. The van der Waals surface area contributed by atoms with Crippen molar-refractivity contribution in [2.24, 2.45) is 0 Å². The summed E-state index contributed by atoms with van der Waals surface area (Å²) in [6.07, 6.45) is 0. The molecule has 1 heterocycles. The van der Waals surface area contributed by atoms with Gasteiger partial charge in [0.15, 0.2) is 0 Å². The fourth-order valence-electron chi connectivity index (χ4n) is 2.61. The number of carbonyl (C=O) groups is 1. The van der Waals surface area contributed by atoms with Gasteiger partial charge in [-0.3, -0.25) is 4.79 Å². The van der Waals surface area contributed by atoms with Gasteiger partial charge in [0.2, 0.25) is 0 Å². The summed E-state index contributed by atoms with van der Waals surface area (Å²) < 4.78 is 0. The Labute approximate surface area is 152 Å². The van der Waals surface area contributed by atoms with Gasteiger partial charge in [0.1, 0.15) is 9.88 Å². The standard InChI is InChI=1S/C20H21N3OS/c1-14-18(25-20(21-14)16-9-5-4-6-10-16)19(24)22-17-11-7-8-15(12-17)13-23(2)3/h4-12H,13H2,1-3H3,(H,22,24). The molecule has 3 aromatic rings. The highest BCUT2D eigenvalue weighted by Crippen LogP contribution is 2.28. The molecule has 0 saturated carbocycles. The molecule has 0 radical (unpaired) electrons. The summed E-state index contributed by atoms with van der Waals surface area (Å²) >= 11 is 1.42. The second-order valence-corrected chi connectivity index (χ2v) is 7.19. The monoisotopic (exact) mass is 351 g/mol. The number of benzene rings is 2. The molecule has 128 valence electrons. The van der Waals surface area contributed by atoms with E-state index in [-0.39, 0.29) is 5.91 Å². The van der Waals surface area contributed by atoms with Gasteiger partial charge in [-0.05, 0) is 38.7 Å². The Morgan fingerprint density at radius 1 is 1.12 bits per heavy atom. The van der Waals surface area contributed by atoms with Crippen LogP contribution in [0.3, 0.4) is 0 Å². The number of rotatable bonds is 5. The molecule has 2 aromatic carbocycles. The van der Waals surface area contributed by atoms with Crippen LogP contribution in [0.1, 0.15) is 20.9 Å². The van der Waals surface area contributed by atoms with Crippen molar-refractivity contribution in [1.82, 2.24) is 9.88 Å². The SMILES string of the molecule is Cc1nc(-c2ccccc2)sc1C(=O)Nc1cccc(CN(C)C)c1. The number of nitrogens with zero attached hydrogens (tertiary/aromatic N) is 2. The molecule has 0 aliphatic heterocycles. The zero-order valence-corrected chi connectivity index (χ0v) is 15.4. The van der Waals surface area contributed by atoms with Gasteiger partial charge in [-0.1, -0.05) is 42.5 Å². The lowest BCUT2D eigenvalue weighted by Gasteiger charge is -2.11. The van der Waals surface area contributed by atoms with Crippen LogP contribution < -0.4 is 5.32 Å². The van der Waals surface area contributed by atoms with Crippen molar-refractivity contribution in [3.8, 4) is 10.6 Å². The molecule has 0 aliphatic carbocycles. The third-order valence-corrected chi connectivity index (χ3v) is 4.91. The largest absolute Gasteiger partial charge is 0.321 e. The number of hydrogen-bond donors (Lipinski definition) is 1. The third kappa shape index (κ3) is 4.32. The van der Waals surface area contributed by atoms with Crippen molar-refractivity contribution >= 4 is 22.9 Å². The zero-order chi connectivity index (χ0) is 17.8. The molecule has 0 saturated heterocycles. The molecule has 0 unspecified atom stereocenters. The Morgan fingerprint density at radius 2 is 1.88 bits per heavy atom. The lowest BCUT2D eigenvalue weighted by atomic mass is 10.2. The molecule has 0 bridgehead atoms.